The first-order chi connectivity index (χ1) is 7.61. The smallest absolute Gasteiger partial charge is 0.132 e. The summed E-state index contributed by atoms with van der Waals surface area (Å²) in [6, 6.07) is 5.94. The number of halogens is 2. The van der Waals surface area contributed by atoms with E-state index >= 15 is 0 Å². The van der Waals surface area contributed by atoms with Crippen molar-refractivity contribution >= 4 is 23.7 Å². The van der Waals surface area contributed by atoms with E-state index in [1.54, 1.807) is 6.92 Å². The Labute approximate surface area is 109 Å². The molecular weight excluding hydrogens is 261 g/mol. The molecule has 0 saturated carbocycles. The first-order valence-corrected chi connectivity index (χ1v) is 5.76. The minimum absolute atomic E-state index is 0. The topological polar surface area (TPSA) is 46.2 Å². The molecule has 0 bridgehead atoms. The van der Waals surface area contributed by atoms with Crippen LogP contribution in [-0.4, -0.2) is 5.11 Å². The fourth-order valence-electron chi connectivity index (χ4n) is 1.60. The minimum atomic E-state index is -0.611. The Morgan fingerprint density at radius 2 is 2.06 bits per heavy atom. The molecule has 0 aliphatic rings. The number of phenolic OH excluding ortho intramolecular Hbond substituents is 1. The molecular formula is C12H13ClFNOS. The highest BCUT2D eigenvalue weighted by molar-refractivity contribution is 7.10. The summed E-state index contributed by atoms with van der Waals surface area (Å²) < 4.78 is 13.6. The van der Waals surface area contributed by atoms with Crippen LogP contribution in [0.2, 0.25) is 0 Å². The number of hydrogen-bond donors (Lipinski definition) is 2. The third-order valence-corrected chi connectivity index (χ3v) is 3.48. The van der Waals surface area contributed by atoms with Crippen molar-refractivity contribution in [2.45, 2.75) is 13.0 Å². The Morgan fingerprint density at radius 3 is 2.65 bits per heavy atom. The Balaban J connectivity index is 0.00000144. The Hall–Kier alpha value is -1.10. The lowest BCUT2D eigenvalue weighted by molar-refractivity contribution is 0.451. The van der Waals surface area contributed by atoms with Gasteiger partial charge in [-0.05, 0) is 30.0 Å². The Morgan fingerprint density at radius 1 is 1.35 bits per heavy atom. The normalized spacial score (nSPS) is 11.9. The Kier molecular flexibility index (Phi) is 4.51. The van der Waals surface area contributed by atoms with E-state index in [0.29, 0.717) is 5.56 Å². The van der Waals surface area contributed by atoms with Gasteiger partial charge in [0.15, 0.2) is 0 Å². The van der Waals surface area contributed by atoms with E-state index < -0.39 is 11.9 Å². The molecule has 2 aromatic rings. The first-order valence-electron chi connectivity index (χ1n) is 4.88. The molecule has 1 aromatic carbocycles. The fourth-order valence-corrected chi connectivity index (χ4v) is 2.33. The monoisotopic (exact) mass is 273 g/mol. The van der Waals surface area contributed by atoms with Gasteiger partial charge in [0.2, 0.25) is 0 Å². The molecule has 1 heterocycles. The zero-order chi connectivity index (χ0) is 11.7. The average Bonchev–Trinajstić information content (AvgIpc) is 2.77. The van der Waals surface area contributed by atoms with Crippen molar-refractivity contribution in [3.63, 3.8) is 0 Å². The van der Waals surface area contributed by atoms with E-state index in [4.69, 9.17) is 5.73 Å². The summed E-state index contributed by atoms with van der Waals surface area (Å²) in [5, 5.41) is 11.7. The highest BCUT2D eigenvalue weighted by Crippen LogP contribution is 2.33. The summed E-state index contributed by atoms with van der Waals surface area (Å²) in [7, 11) is 0. The third kappa shape index (κ3) is 2.60. The number of benzene rings is 1. The Bertz CT molecular complexity index is 501. The number of rotatable bonds is 2. The number of hydrogen-bond acceptors (Lipinski definition) is 3. The molecule has 0 unspecified atom stereocenters. The van der Waals surface area contributed by atoms with Gasteiger partial charge in [-0.1, -0.05) is 12.1 Å². The fraction of sp³-hybridized carbons (Fsp3) is 0.167. The second-order valence-electron chi connectivity index (χ2n) is 3.62. The maximum absolute atomic E-state index is 13.6. The van der Waals surface area contributed by atoms with Gasteiger partial charge in [0.1, 0.15) is 11.6 Å². The molecule has 1 aromatic heterocycles. The molecule has 0 aliphatic heterocycles. The van der Waals surface area contributed by atoms with Gasteiger partial charge < -0.3 is 10.8 Å². The molecule has 0 spiro atoms. The van der Waals surface area contributed by atoms with Crippen LogP contribution >= 0.6 is 23.7 Å². The summed E-state index contributed by atoms with van der Waals surface area (Å²) in [6.07, 6.45) is 0. The van der Waals surface area contributed by atoms with Crippen LogP contribution in [0.5, 0.6) is 5.75 Å². The highest BCUT2D eigenvalue weighted by atomic mass is 35.5. The third-order valence-electron chi connectivity index (χ3n) is 2.53. The second kappa shape index (κ2) is 5.49. The van der Waals surface area contributed by atoms with Crippen LogP contribution in [0.1, 0.15) is 22.0 Å². The van der Waals surface area contributed by atoms with Gasteiger partial charge >= 0.3 is 0 Å². The minimum Gasteiger partial charge on any atom is -0.507 e. The van der Waals surface area contributed by atoms with Crippen LogP contribution in [0.3, 0.4) is 0 Å². The van der Waals surface area contributed by atoms with Crippen LogP contribution in [-0.2, 0) is 0 Å². The van der Waals surface area contributed by atoms with Crippen LogP contribution in [0.4, 0.5) is 4.39 Å². The summed E-state index contributed by atoms with van der Waals surface area (Å²) in [5.41, 5.74) is 6.74. The van der Waals surface area contributed by atoms with E-state index in [2.05, 4.69) is 0 Å². The summed E-state index contributed by atoms with van der Waals surface area (Å²) in [5.74, 6) is -0.523. The molecule has 92 valence electrons. The molecule has 1 atom stereocenters. The molecule has 2 nitrogen and oxygen atoms in total. The van der Waals surface area contributed by atoms with Crippen molar-refractivity contribution in [3.8, 4) is 5.75 Å². The van der Waals surface area contributed by atoms with Crippen molar-refractivity contribution < 1.29 is 9.50 Å². The predicted molar refractivity (Wildman–Crippen MR) is 70.4 cm³/mol. The second-order valence-corrected chi connectivity index (χ2v) is 4.60. The first kappa shape index (κ1) is 14.0. The quantitative estimate of drug-likeness (QED) is 0.881. The van der Waals surface area contributed by atoms with Crippen molar-refractivity contribution in [1.82, 2.24) is 0 Å². The molecule has 3 N–H and O–H groups in total. The van der Waals surface area contributed by atoms with E-state index in [1.807, 2.05) is 17.5 Å². The van der Waals surface area contributed by atoms with Crippen LogP contribution in [0.25, 0.3) is 0 Å². The van der Waals surface area contributed by atoms with Gasteiger partial charge in [-0.15, -0.1) is 23.7 Å². The SMILES string of the molecule is Cc1ccc(F)c([C@@H](N)c2cccs2)c1O.Cl. The zero-order valence-electron chi connectivity index (χ0n) is 9.18. The number of phenols is 1. The number of aromatic hydroxyl groups is 1. The number of nitrogens with two attached hydrogens (primary N) is 1. The number of aryl methyl sites for hydroxylation is 1. The van der Waals surface area contributed by atoms with Crippen molar-refractivity contribution in [3.05, 3.63) is 51.5 Å². The molecule has 0 aliphatic carbocycles. The molecule has 2 rings (SSSR count). The molecule has 0 amide bonds. The average molecular weight is 274 g/mol. The summed E-state index contributed by atoms with van der Waals surface area (Å²) >= 11 is 1.45. The van der Waals surface area contributed by atoms with Gasteiger partial charge in [0, 0.05) is 4.88 Å². The maximum atomic E-state index is 13.6. The van der Waals surface area contributed by atoms with E-state index in [9.17, 15) is 9.50 Å². The molecule has 17 heavy (non-hydrogen) atoms. The van der Waals surface area contributed by atoms with E-state index in [1.165, 1.54) is 23.5 Å². The van der Waals surface area contributed by atoms with Gasteiger partial charge in [-0.2, -0.15) is 0 Å². The van der Waals surface area contributed by atoms with E-state index in [0.717, 1.165) is 4.88 Å². The van der Waals surface area contributed by atoms with Crippen molar-refractivity contribution in [2.75, 3.05) is 0 Å². The van der Waals surface area contributed by atoms with Gasteiger partial charge in [0.25, 0.3) is 0 Å². The van der Waals surface area contributed by atoms with Crippen LogP contribution < -0.4 is 5.73 Å². The lowest BCUT2D eigenvalue weighted by Gasteiger charge is -2.14. The summed E-state index contributed by atoms with van der Waals surface area (Å²) in [6.45, 7) is 1.72. The largest absolute Gasteiger partial charge is 0.507 e. The van der Waals surface area contributed by atoms with Crippen LogP contribution in [0, 0.1) is 12.7 Å². The van der Waals surface area contributed by atoms with Crippen LogP contribution in [0.15, 0.2) is 29.6 Å². The zero-order valence-corrected chi connectivity index (χ0v) is 10.8. The lowest BCUT2D eigenvalue weighted by Crippen LogP contribution is -2.12. The van der Waals surface area contributed by atoms with E-state index in [-0.39, 0.29) is 23.7 Å². The van der Waals surface area contributed by atoms with Gasteiger partial charge in [0.05, 0.1) is 11.6 Å². The standard InChI is InChI=1S/C12H12FNOS.ClH/c1-7-4-5-8(13)10(12(7)15)11(14)9-3-2-6-16-9;/h2-6,11,15H,14H2,1H3;1H/t11-;/m0./s1. The molecule has 5 heteroatoms. The maximum Gasteiger partial charge on any atom is 0.132 e. The van der Waals surface area contributed by atoms with Gasteiger partial charge in [-0.25, -0.2) is 4.39 Å². The molecule has 0 saturated heterocycles. The summed E-state index contributed by atoms with van der Waals surface area (Å²) in [4.78, 5) is 0.833. The predicted octanol–water partition coefficient (Wildman–Crippen LogP) is 3.37. The lowest BCUT2D eigenvalue weighted by atomic mass is 10.0. The highest BCUT2D eigenvalue weighted by Gasteiger charge is 2.19. The van der Waals surface area contributed by atoms with Gasteiger partial charge in [-0.3, -0.25) is 0 Å². The molecule has 0 radical (unpaired) electrons. The molecule has 0 fully saturated rings. The van der Waals surface area contributed by atoms with Crippen molar-refractivity contribution in [1.29, 1.82) is 0 Å². The number of thiophene rings is 1. The van der Waals surface area contributed by atoms with Crippen molar-refractivity contribution in [2.24, 2.45) is 5.73 Å².